The molecule has 0 aromatic heterocycles. The molecular formula is C18H20O5. The van der Waals surface area contributed by atoms with E-state index in [0.29, 0.717) is 12.8 Å². The van der Waals surface area contributed by atoms with E-state index in [4.69, 9.17) is 10.2 Å². The van der Waals surface area contributed by atoms with Crippen LogP contribution in [0, 0.1) is 0 Å². The molecule has 0 saturated heterocycles. The average molecular weight is 316 g/mol. The van der Waals surface area contributed by atoms with Crippen molar-refractivity contribution in [2.45, 2.75) is 25.7 Å². The number of hydrogen-bond donors (Lipinski definition) is 3. The average Bonchev–Trinajstić information content (AvgIpc) is 2.50. The molecule has 0 radical (unpaired) electrons. The Morgan fingerprint density at radius 2 is 1.43 bits per heavy atom. The van der Waals surface area contributed by atoms with Crippen molar-refractivity contribution in [2.75, 3.05) is 0 Å². The molecule has 2 aromatic carbocycles. The van der Waals surface area contributed by atoms with Crippen molar-refractivity contribution in [3.05, 3.63) is 65.7 Å². The molecule has 0 fully saturated rings. The predicted octanol–water partition coefficient (Wildman–Crippen LogP) is 3.11. The highest BCUT2D eigenvalue weighted by atomic mass is 16.4. The summed E-state index contributed by atoms with van der Waals surface area (Å²) in [6.07, 6.45) is 1.43. The molecular weight excluding hydrogens is 296 g/mol. The highest BCUT2D eigenvalue weighted by Gasteiger charge is 2.01. The smallest absolute Gasteiger partial charge is 0.307 e. The molecule has 0 aliphatic rings. The van der Waals surface area contributed by atoms with Gasteiger partial charge in [0.2, 0.25) is 0 Å². The van der Waals surface area contributed by atoms with Crippen LogP contribution in [-0.2, 0) is 22.4 Å². The van der Waals surface area contributed by atoms with Gasteiger partial charge in [0.25, 0.3) is 0 Å². The number of carboxylic acids is 2. The van der Waals surface area contributed by atoms with E-state index >= 15 is 0 Å². The minimum Gasteiger partial charge on any atom is -0.508 e. The number of phenolic OH excluding ortho intramolecular Hbond substituents is 1. The lowest BCUT2D eigenvalue weighted by molar-refractivity contribution is -0.137. The summed E-state index contributed by atoms with van der Waals surface area (Å²) < 4.78 is 0. The quantitative estimate of drug-likeness (QED) is 0.761. The fourth-order valence-electron chi connectivity index (χ4n) is 1.92. The number of aryl methyl sites for hydroxylation is 1. The SMILES string of the molecule is O=C(O)CCCc1ccccc1O.O=C(O)Cc1ccccc1. The van der Waals surface area contributed by atoms with E-state index in [1.54, 1.807) is 30.3 Å². The first-order valence-electron chi connectivity index (χ1n) is 7.23. The van der Waals surface area contributed by atoms with E-state index in [-0.39, 0.29) is 18.6 Å². The first-order valence-corrected chi connectivity index (χ1v) is 7.23. The van der Waals surface area contributed by atoms with Gasteiger partial charge in [0.05, 0.1) is 6.42 Å². The van der Waals surface area contributed by atoms with Crippen molar-refractivity contribution in [3.8, 4) is 5.75 Å². The van der Waals surface area contributed by atoms with Crippen molar-refractivity contribution in [1.82, 2.24) is 0 Å². The lowest BCUT2D eigenvalue weighted by atomic mass is 10.1. The zero-order chi connectivity index (χ0) is 17.1. The Morgan fingerprint density at radius 3 is 2.00 bits per heavy atom. The topological polar surface area (TPSA) is 94.8 Å². The molecule has 0 aliphatic carbocycles. The van der Waals surface area contributed by atoms with Gasteiger partial charge in [-0.25, -0.2) is 0 Å². The first-order chi connectivity index (χ1) is 11.0. The second kappa shape index (κ2) is 10.00. The zero-order valence-electron chi connectivity index (χ0n) is 12.7. The normalized spacial score (nSPS) is 9.57. The number of hydrogen-bond acceptors (Lipinski definition) is 3. The third-order valence-corrected chi connectivity index (χ3v) is 3.03. The lowest BCUT2D eigenvalue weighted by Gasteiger charge is -2.01. The molecule has 0 amide bonds. The summed E-state index contributed by atoms with van der Waals surface area (Å²) in [5, 5.41) is 26.1. The maximum atomic E-state index is 10.2. The molecule has 0 spiro atoms. The number of benzene rings is 2. The highest BCUT2D eigenvalue weighted by Crippen LogP contribution is 2.17. The molecule has 0 bridgehead atoms. The Kier molecular flexibility index (Phi) is 7.92. The van der Waals surface area contributed by atoms with Crippen LogP contribution in [0.15, 0.2) is 54.6 Å². The predicted molar refractivity (Wildman–Crippen MR) is 86.5 cm³/mol. The van der Waals surface area contributed by atoms with E-state index in [1.165, 1.54) is 0 Å². The third kappa shape index (κ3) is 8.26. The van der Waals surface area contributed by atoms with Crippen LogP contribution in [0.25, 0.3) is 0 Å². The van der Waals surface area contributed by atoms with E-state index in [2.05, 4.69) is 0 Å². The summed E-state index contributed by atoms with van der Waals surface area (Å²) in [6.45, 7) is 0. The van der Waals surface area contributed by atoms with Crippen molar-refractivity contribution >= 4 is 11.9 Å². The van der Waals surface area contributed by atoms with Gasteiger partial charge in [-0.3, -0.25) is 9.59 Å². The second-order valence-corrected chi connectivity index (χ2v) is 4.93. The summed E-state index contributed by atoms with van der Waals surface area (Å²) >= 11 is 0. The number of para-hydroxylation sites is 1. The molecule has 0 unspecified atom stereocenters. The monoisotopic (exact) mass is 316 g/mol. The Morgan fingerprint density at radius 1 is 0.826 bits per heavy atom. The van der Waals surface area contributed by atoms with E-state index in [0.717, 1.165) is 11.1 Å². The molecule has 0 saturated carbocycles. The summed E-state index contributed by atoms with van der Waals surface area (Å²) in [5.41, 5.74) is 1.65. The Hall–Kier alpha value is -2.82. The van der Waals surface area contributed by atoms with Crippen LogP contribution in [0.2, 0.25) is 0 Å². The molecule has 2 aromatic rings. The molecule has 0 atom stereocenters. The van der Waals surface area contributed by atoms with Crippen LogP contribution in [0.3, 0.4) is 0 Å². The Labute approximate surface area is 134 Å². The molecule has 2 rings (SSSR count). The zero-order valence-corrected chi connectivity index (χ0v) is 12.7. The van der Waals surface area contributed by atoms with Crippen LogP contribution in [-0.4, -0.2) is 27.3 Å². The van der Waals surface area contributed by atoms with Gasteiger partial charge in [-0.15, -0.1) is 0 Å². The van der Waals surface area contributed by atoms with Gasteiger partial charge in [-0.1, -0.05) is 48.5 Å². The minimum atomic E-state index is -0.796. The van der Waals surface area contributed by atoms with E-state index in [9.17, 15) is 14.7 Å². The van der Waals surface area contributed by atoms with Crippen molar-refractivity contribution in [1.29, 1.82) is 0 Å². The van der Waals surface area contributed by atoms with Gasteiger partial charge in [0, 0.05) is 6.42 Å². The fourth-order valence-corrected chi connectivity index (χ4v) is 1.92. The summed E-state index contributed by atoms with van der Waals surface area (Å²) in [5.74, 6) is -1.34. The summed E-state index contributed by atoms with van der Waals surface area (Å²) in [7, 11) is 0. The first kappa shape index (κ1) is 18.2. The number of aromatic hydroxyl groups is 1. The van der Waals surface area contributed by atoms with Gasteiger partial charge >= 0.3 is 11.9 Å². The molecule has 0 heterocycles. The Bertz CT molecular complexity index is 622. The lowest BCUT2D eigenvalue weighted by Crippen LogP contribution is -1.98. The number of carbonyl (C=O) groups is 2. The van der Waals surface area contributed by atoms with Gasteiger partial charge in [0.1, 0.15) is 5.75 Å². The standard InChI is InChI=1S/C10H12O3.C8H8O2/c11-9-6-2-1-4-8(9)5-3-7-10(12)13;9-8(10)6-7-4-2-1-3-5-7/h1-2,4,6,11H,3,5,7H2,(H,12,13);1-5H,6H2,(H,9,10). The molecule has 0 aliphatic heterocycles. The van der Waals surface area contributed by atoms with Gasteiger partial charge in [-0.2, -0.15) is 0 Å². The van der Waals surface area contributed by atoms with Gasteiger partial charge < -0.3 is 15.3 Å². The number of rotatable bonds is 6. The molecule has 122 valence electrons. The van der Waals surface area contributed by atoms with Crippen LogP contribution in [0.5, 0.6) is 5.75 Å². The number of aliphatic carboxylic acids is 2. The van der Waals surface area contributed by atoms with Crippen LogP contribution in [0.1, 0.15) is 24.0 Å². The maximum absolute atomic E-state index is 10.2. The van der Waals surface area contributed by atoms with Gasteiger partial charge in [-0.05, 0) is 30.0 Å². The minimum absolute atomic E-state index is 0.112. The van der Waals surface area contributed by atoms with Crippen molar-refractivity contribution in [2.24, 2.45) is 0 Å². The molecule has 23 heavy (non-hydrogen) atoms. The maximum Gasteiger partial charge on any atom is 0.307 e. The van der Waals surface area contributed by atoms with E-state index in [1.807, 2.05) is 24.3 Å². The largest absolute Gasteiger partial charge is 0.508 e. The summed E-state index contributed by atoms with van der Waals surface area (Å²) in [6, 6.07) is 16.1. The molecule has 5 heteroatoms. The fraction of sp³-hybridized carbons (Fsp3) is 0.222. The van der Waals surface area contributed by atoms with Gasteiger partial charge in [0.15, 0.2) is 0 Å². The highest BCUT2D eigenvalue weighted by molar-refractivity contribution is 5.70. The Balaban J connectivity index is 0.000000238. The number of phenols is 1. The summed E-state index contributed by atoms with van der Waals surface area (Å²) in [4.78, 5) is 20.4. The number of carboxylic acid groups (broad SMARTS) is 2. The van der Waals surface area contributed by atoms with Crippen molar-refractivity contribution < 1.29 is 24.9 Å². The van der Waals surface area contributed by atoms with E-state index < -0.39 is 11.9 Å². The van der Waals surface area contributed by atoms with Crippen LogP contribution >= 0.6 is 0 Å². The van der Waals surface area contributed by atoms with Crippen LogP contribution < -0.4 is 0 Å². The van der Waals surface area contributed by atoms with Crippen LogP contribution in [0.4, 0.5) is 0 Å². The van der Waals surface area contributed by atoms with Crippen molar-refractivity contribution in [3.63, 3.8) is 0 Å². The third-order valence-electron chi connectivity index (χ3n) is 3.03. The molecule has 5 nitrogen and oxygen atoms in total. The molecule has 3 N–H and O–H groups in total. The second-order valence-electron chi connectivity index (χ2n) is 4.93.